The van der Waals surface area contributed by atoms with Gasteiger partial charge in [0.2, 0.25) is 0 Å². The van der Waals surface area contributed by atoms with Crippen molar-refractivity contribution in [2.75, 3.05) is 0 Å². The zero-order valence-corrected chi connectivity index (χ0v) is 15.6. The van der Waals surface area contributed by atoms with Crippen molar-refractivity contribution in [3.63, 3.8) is 0 Å². The SMILES string of the molecule is C/C=C(\C=N)c1cc(C)cc(C(C)NC(=O)c2cc(C)ccc2C)c1. The van der Waals surface area contributed by atoms with Gasteiger partial charge in [0, 0.05) is 11.8 Å². The summed E-state index contributed by atoms with van der Waals surface area (Å²) in [5, 5.41) is 10.6. The molecule has 1 amide bonds. The Kier molecular flexibility index (Phi) is 5.92. The first-order chi connectivity index (χ1) is 11.8. The molecule has 2 aromatic carbocycles. The van der Waals surface area contributed by atoms with Gasteiger partial charge in [0.1, 0.15) is 0 Å². The first-order valence-corrected chi connectivity index (χ1v) is 8.52. The molecule has 0 aliphatic heterocycles. The van der Waals surface area contributed by atoms with Gasteiger partial charge in [-0.3, -0.25) is 4.79 Å². The summed E-state index contributed by atoms with van der Waals surface area (Å²) in [6.45, 7) is 9.88. The van der Waals surface area contributed by atoms with Gasteiger partial charge < -0.3 is 10.7 Å². The minimum atomic E-state index is -0.116. The van der Waals surface area contributed by atoms with Gasteiger partial charge in [-0.25, -0.2) is 0 Å². The molecule has 3 heteroatoms. The van der Waals surface area contributed by atoms with Crippen molar-refractivity contribution in [2.45, 2.75) is 40.7 Å². The van der Waals surface area contributed by atoms with E-state index >= 15 is 0 Å². The fraction of sp³-hybridized carbons (Fsp3) is 0.273. The molecule has 2 rings (SSSR count). The number of nitrogens with one attached hydrogen (secondary N) is 2. The fourth-order valence-corrected chi connectivity index (χ4v) is 2.90. The second kappa shape index (κ2) is 7.93. The van der Waals surface area contributed by atoms with E-state index in [0.29, 0.717) is 5.56 Å². The number of amides is 1. The molecule has 0 bridgehead atoms. The summed E-state index contributed by atoms with van der Waals surface area (Å²) in [7, 11) is 0. The molecule has 25 heavy (non-hydrogen) atoms. The molecular formula is C22H26N2O. The summed E-state index contributed by atoms with van der Waals surface area (Å²) in [6.07, 6.45) is 3.28. The van der Waals surface area contributed by atoms with Gasteiger partial charge in [0.25, 0.3) is 5.91 Å². The molecule has 0 heterocycles. The van der Waals surface area contributed by atoms with Gasteiger partial charge in [0.05, 0.1) is 6.04 Å². The molecule has 130 valence electrons. The maximum Gasteiger partial charge on any atom is 0.252 e. The van der Waals surface area contributed by atoms with E-state index in [2.05, 4.69) is 17.4 Å². The van der Waals surface area contributed by atoms with E-state index in [1.54, 1.807) is 0 Å². The Balaban J connectivity index is 2.29. The third-order valence-electron chi connectivity index (χ3n) is 4.38. The Morgan fingerprint density at radius 2 is 1.80 bits per heavy atom. The molecule has 0 aromatic heterocycles. The summed E-state index contributed by atoms with van der Waals surface area (Å²) in [4.78, 5) is 12.7. The van der Waals surface area contributed by atoms with E-state index in [9.17, 15) is 4.79 Å². The standard InChI is InChI=1S/C22H26N2O/c1-6-18(13-23)20-10-15(3)9-19(12-20)17(5)24-22(25)21-11-14(2)7-8-16(21)4/h6-13,17,23H,1-5H3,(H,24,25)/b18-6+,23-13?. The molecule has 1 unspecified atom stereocenters. The molecule has 0 saturated heterocycles. The highest BCUT2D eigenvalue weighted by atomic mass is 16.1. The van der Waals surface area contributed by atoms with E-state index in [0.717, 1.165) is 33.4 Å². The normalized spacial score (nSPS) is 12.6. The van der Waals surface area contributed by atoms with Crippen LogP contribution in [0.4, 0.5) is 0 Å². The van der Waals surface area contributed by atoms with E-state index in [-0.39, 0.29) is 11.9 Å². The Morgan fingerprint density at radius 1 is 1.08 bits per heavy atom. The fourth-order valence-electron chi connectivity index (χ4n) is 2.90. The van der Waals surface area contributed by atoms with Crippen molar-refractivity contribution < 1.29 is 4.79 Å². The smallest absolute Gasteiger partial charge is 0.252 e. The summed E-state index contributed by atoms with van der Waals surface area (Å²) in [5.41, 5.74) is 6.79. The predicted octanol–water partition coefficient (Wildman–Crippen LogP) is 5.16. The molecule has 3 nitrogen and oxygen atoms in total. The van der Waals surface area contributed by atoms with Gasteiger partial charge in [-0.05, 0) is 69.0 Å². The zero-order valence-electron chi connectivity index (χ0n) is 15.6. The Hall–Kier alpha value is -2.68. The van der Waals surface area contributed by atoms with Crippen molar-refractivity contribution >= 4 is 17.7 Å². The molecule has 0 aliphatic carbocycles. The molecule has 0 fully saturated rings. The van der Waals surface area contributed by atoms with Crippen molar-refractivity contribution in [3.05, 3.63) is 75.9 Å². The second-order valence-electron chi connectivity index (χ2n) is 6.53. The second-order valence-corrected chi connectivity index (χ2v) is 6.53. The summed E-state index contributed by atoms with van der Waals surface area (Å²) >= 11 is 0. The highest BCUT2D eigenvalue weighted by Gasteiger charge is 2.15. The van der Waals surface area contributed by atoms with Crippen LogP contribution in [0.2, 0.25) is 0 Å². The van der Waals surface area contributed by atoms with Crippen LogP contribution in [-0.2, 0) is 0 Å². The Morgan fingerprint density at radius 3 is 2.44 bits per heavy atom. The van der Waals surface area contributed by atoms with Crippen molar-refractivity contribution in [3.8, 4) is 0 Å². The van der Waals surface area contributed by atoms with Crippen LogP contribution >= 0.6 is 0 Å². The van der Waals surface area contributed by atoms with E-state index < -0.39 is 0 Å². The van der Waals surface area contributed by atoms with Gasteiger partial charge in [0.15, 0.2) is 0 Å². The van der Waals surface area contributed by atoms with Crippen molar-refractivity contribution in [1.29, 1.82) is 5.41 Å². The number of rotatable bonds is 5. The molecule has 0 spiro atoms. The zero-order chi connectivity index (χ0) is 18.6. The van der Waals surface area contributed by atoms with Gasteiger partial charge in [-0.1, -0.05) is 41.5 Å². The lowest BCUT2D eigenvalue weighted by molar-refractivity contribution is 0.0939. The van der Waals surface area contributed by atoms with Crippen LogP contribution in [0.15, 0.2) is 42.5 Å². The first kappa shape index (κ1) is 18.7. The van der Waals surface area contributed by atoms with Gasteiger partial charge in [-0.2, -0.15) is 0 Å². The largest absolute Gasteiger partial charge is 0.346 e. The van der Waals surface area contributed by atoms with Crippen molar-refractivity contribution in [2.24, 2.45) is 0 Å². The molecule has 1 atom stereocenters. The van der Waals surface area contributed by atoms with Crippen LogP contribution in [0.25, 0.3) is 5.57 Å². The quantitative estimate of drug-likeness (QED) is 0.729. The van der Waals surface area contributed by atoms with E-state index in [1.165, 1.54) is 6.21 Å². The highest BCUT2D eigenvalue weighted by Crippen LogP contribution is 2.22. The van der Waals surface area contributed by atoms with Crippen LogP contribution in [0.1, 0.15) is 58.1 Å². The molecule has 0 aliphatic rings. The van der Waals surface area contributed by atoms with Crippen LogP contribution in [0.5, 0.6) is 0 Å². The number of aryl methyl sites for hydroxylation is 3. The number of carbonyl (C=O) groups excluding carboxylic acids is 1. The molecule has 2 aromatic rings. The van der Waals surface area contributed by atoms with E-state index in [4.69, 9.17) is 5.41 Å². The van der Waals surface area contributed by atoms with E-state index in [1.807, 2.05) is 65.0 Å². The lowest BCUT2D eigenvalue weighted by Crippen LogP contribution is -2.27. The third-order valence-corrected chi connectivity index (χ3v) is 4.38. The number of hydrogen-bond donors (Lipinski definition) is 2. The third kappa shape index (κ3) is 4.44. The van der Waals surface area contributed by atoms with Crippen LogP contribution in [0.3, 0.4) is 0 Å². The summed E-state index contributed by atoms with van der Waals surface area (Å²) < 4.78 is 0. The van der Waals surface area contributed by atoms with Gasteiger partial charge in [-0.15, -0.1) is 0 Å². The maximum atomic E-state index is 12.7. The van der Waals surface area contributed by atoms with Crippen LogP contribution < -0.4 is 5.32 Å². The minimum Gasteiger partial charge on any atom is -0.346 e. The average molecular weight is 334 g/mol. The molecule has 0 saturated carbocycles. The lowest BCUT2D eigenvalue weighted by atomic mass is 9.97. The predicted molar refractivity (Wildman–Crippen MR) is 105 cm³/mol. The average Bonchev–Trinajstić information content (AvgIpc) is 2.57. The number of hydrogen-bond acceptors (Lipinski definition) is 2. The van der Waals surface area contributed by atoms with Gasteiger partial charge >= 0.3 is 0 Å². The van der Waals surface area contributed by atoms with Crippen LogP contribution in [0, 0.1) is 26.2 Å². The number of allylic oxidation sites excluding steroid dienone is 2. The molecule has 2 N–H and O–H groups in total. The van der Waals surface area contributed by atoms with Crippen molar-refractivity contribution in [1.82, 2.24) is 5.32 Å². The highest BCUT2D eigenvalue weighted by molar-refractivity contribution is 6.08. The molecular weight excluding hydrogens is 308 g/mol. The number of benzene rings is 2. The Labute approximate surface area is 150 Å². The monoisotopic (exact) mass is 334 g/mol. The maximum absolute atomic E-state index is 12.7. The first-order valence-electron chi connectivity index (χ1n) is 8.52. The van der Waals surface area contributed by atoms with Crippen LogP contribution in [-0.4, -0.2) is 12.1 Å². The molecule has 0 radical (unpaired) electrons. The lowest BCUT2D eigenvalue weighted by Gasteiger charge is -2.18. The topological polar surface area (TPSA) is 53.0 Å². The number of carbonyl (C=O) groups is 1. The summed E-state index contributed by atoms with van der Waals surface area (Å²) in [6, 6.07) is 12.0. The summed E-state index contributed by atoms with van der Waals surface area (Å²) in [5.74, 6) is -0.0601. The minimum absolute atomic E-state index is 0.0601. The Bertz CT molecular complexity index is 834.